The van der Waals surface area contributed by atoms with Gasteiger partial charge >= 0.3 is 0 Å². The minimum absolute atomic E-state index is 0.567. The molecule has 0 fully saturated rings. The van der Waals surface area contributed by atoms with E-state index in [9.17, 15) is 0 Å². The number of rotatable bonds is 4. The van der Waals surface area contributed by atoms with Gasteiger partial charge in [0.25, 0.3) is 0 Å². The fourth-order valence-electron chi connectivity index (χ4n) is 3.50. The summed E-state index contributed by atoms with van der Waals surface area (Å²) in [6.45, 7) is 3.98. The first kappa shape index (κ1) is 17.9. The van der Waals surface area contributed by atoms with Gasteiger partial charge in [0.1, 0.15) is 0 Å². The summed E-state index contributed by atoms with van der Waals surface area (Å²) in [5.74, 6) is 0. The molecule has 4 aromatic carbocycles. The quantitative estimate of drug-likeness (QED) is 0.331. The summed E-state index contributed by atoms with van der Waals surface area (Å²) in [4.78, 5) is 0. The van der Waals surface area contributed by atoms with Crippen LogP contribution in [0.15, 0.2) is 85.4 Å². The Morgan fingerprint density at radius 1 is 0.778 bits per heavy atom. The van der Waals surface area contributed by atoms with Crippen molar-refractivity contribution in [2.24, 2.45) is 0 Å². The molecular weight excluding hydrogens is 371 g/mol. The van der Waals surface area contributed by atoms with E-state index < -0.39 is 0 Å². The van der Waals surface area contributed by atoms with Crippen LogP contribution in [-0.4, -0.2) is 0 Å². The molecular formula is C25H18Cl2. The average Bonchev–Trinajstić information content (AvgIpc) is 2.70. The maximum Gasteiger partial charge on any atom is 0.0670 e. The number of halogens is 2. The average molecular weight is 389 g/mol. The molecule has 0 aliphatic heterocycles. The number of benzene rings is 4. The van der Waals surface area contributed by atoms with Gasteiger partial charge in [-0.3, -0.25) is 0 Å². The van der Waals surface area contributed by atoms with Crippen molar-refractivity contribution in [2.75, 3.05) is 0 Å². The first-order valence-corrected chi connectivity index (χ1v) is 9.59. The summed E-state index contributed by atoms with van der Waals surface area (Å²) in [5, 5.41) is 3.68. The van der Waals surface area contributed by atoms with Crippen LogP contribution in [0.4, 0.5) is 0 Å². The van der Waals surface area contributed by atoms with E-state index in [4.69, 9.17) is 23.2 Å². The van der Waals surface area contributed by atoms with Gasteiger partial charge in [-0.05, 0) is 45.5 Å². The molecule has 0 aromatic heterocycles. The molecule has 132 valence electrons. The van der Waals surface area contributed by atoms with E-state index in [2.05, 4.69) is 67.2 Å². The van der Waals surface area contributed by atoms with Gasteiger partial charge in [0.15, 0.2) is 0 Å². The van der Waals surface area contributed by atoms with Crippen molar-refractivity contribution < 1.29 is 0 Å². The molecule has 4 aromatic rings. The SMILES string of the molecule is C=Cc1ccc(-c2cccc(Cl)c2Cl)cc1Cc1cccc2ccccc12. The Hall–Kier alpha value is -2.54. The summed E-state index contributed by atoms with van der Waals surface area (Å²) >= 11 is 12.6. The molecule has 0 aliphatic carbocycles. The van der Waals surface area contributed by atoms with Crippen LogP contribution < -0.4 is 0 Å². The summed E-state index contributed by atoms with van der Waals surface area (Å²) < 4.78 is 0. The lowest BCUT2D eigenvalue weighted by atomic mass is 9.93. The topological polar surface area (TPSA) is 0 Å². The summed E-state index contributed by atoms with van der Waals surface area (Å²) in [6.07, 6.45) is 2.73. The van der Waals surface area contributed by atoms with E-state index in [1.54, 1.807) is 0 Å². The van der Waals surface area contributed by atoms with Crippen molar-refractivity contribution >= 4 is 40.1 Å². The molecule has 0 saturated carbocycles. The largest absolute Gasteiger partial charge is 0.0985 e. The summed E-state index contributed by atoms with van der Waals surface area (Å²) in [5.41, 5.74) is 5.65. The van der Waals surface area contributed by atoms with E-state index in [1.165, 1.54) is 21.9 Å². The molecule has 0 unspecified atom stereocenters. The normalized spacial score (nSPS) is 10.9. The molecule has 0 nitrogen and oxygen atoms in total. The Labute approximate surface area is 169 Å². The molecule has 4 rings (SSSR count). The first-order chi connectivity index (χ1) is 13.2. The van der Waals surface area contributed by atoms with Gasteiger partial charge in [-0.25, -0.2) is 0 Å². The van der Waals surface area contributed by atoms with Crippen LogP contribution in [0.1, 0.15) is 16.7 Å². The van der Waals surface area contributed by atoms with E-state index in [0.29, 0.717) is 10.0 Å². The molecule has 0 bridgehead atoms. The van der Waals surface area contributed by atoms with E-state index >= 15 is 0 Å². The van der Waals surface area contributed by atoms with Crippen molar-refractivity contribution in [2.45, 2.75) is 6.42 Å². The van der Waals surface area contributed by atoms with Crippen molar-refractivity contribution in [1.82, 2.24) is 0 Å². The summed E-state index contributed by atoms with van der Waals surface area (Å²) in [7, 11) is 0. The molecule has 0 heterocycles. The van der Waals surface area contributed by atoms with Gasteiger partial charge in [0, 0.05) is 5.56 Å². The maximum atomic E-state index is 6.44. The number of fused-ring (bicyclic) bond motifs is 1. The lowest BCUT2D eigenvalue weighted by Crippen LogP contribution is -1.94. The zero-order valence-electron chi connectivity index (χ0n) is 14.8. The maximum absolute atomic E-state index is 6.44. The highest BCUT2D eigenvalue weighted by Crippen LogP contribution is 2.35. The Balaban J connectivity index is 1.82. The van der Waals surface area contributed by atoms with E-state index in [1.807, 2.05) is 24.3 Å². The molecule has 0 aliphatic rings. The van der Waals surface area contributed by atoms with Gasteiger partial charge in [0.2, 0.25) is 0 Å². The van der Waals surface area contributed by atoms with Gasteiger partial charge in [-0.1, -0.05) is 109 Å². The van der Waals surface area contributed by atoms with Crippen LogP contribution >= 0.6 is 23.2 Å². The Bertz CT molecular complexity index is 1140. The van der Waals surface area contributed by atoms with Gasteiger partial charge in [0.05, 0.1) is 10.0 Å². The van der Waals surface area contributed by atoms with Gasteiger partial charge in [-0.15, -0.1) is 0 Å². The van der Waals surface area contributed by atoms with E-state index in [0.717, 1.165) is 23.1 Å². The van der Waals surface area contributed by atoms with Gasteiger partial charge < -0.3 is 0 Å². The second-order valence-corrected chi connectivity index (χ2v) is 7.32. The lowest BCUT2D eigenvalue weighted by Gasteiger charge is -2.13. The van der Waals surface area contributed by atoms with Crippen molar-refractivity contribution in [3.8, 4) is 11.1 Å². The number of hydrogen-bond donors (Lipinski definition) is 0. The lowest BCUT2D eigenvalue weighted by molar-refractivity contribution is 1.20. The van der Waals surface area contributed by atoms with Gasteiger partial charge in [-0.2, -0.15) is 0 Å². The first-order valence-electron chi connectivity index (χ1n) is 8.84. The molecule has 0 spiro atoms. The highest BCUT2D eigenvalue weighted by atomic mass is 35.5. The van der Waals surface area contributed by atoms with Crippen LogP contribution in [0.25, 0.3) is 28.0 Å². The van der Waals surface area contributed by atoms with Crippen LogP contribution in [0.5, 0.6) is 0 Å². The fourth-order valence-corrected chi connectivity index (χ4v) is 3.91. The molecule has 0 saturated heterocycles. The third-order valence-electron chi connectivity index (χ3n) is 4.89. The highest BCUT2D eigenvalue weighted by Gasteiger charge is 2.10. The van der Waals surface area contributed by atoms with Crippen LogP contribution in [0.3, 0.4) is 0 Å². The van der Waals surface area contributed by atoms with Crippen molar-refractivity contribution in [3.63, 3.8) is 0 Å². The second kappa shape index (κ2) is 7.60. The zero-order chi connectivity index (χ0) is 18.8. The highest BCUT2D eigenvalue weighted by molar-refractivity contribution is 6.43. The second-order valence-electron chi connectivity index (χ2n) is 6.53. The Morgan fingerprint density at radius 2 is 1.56 bits per heavy atom. The monoisotopic (exact) mass is 388 g/mol. The zero-order valence-corrected chi connectivity index (χ0v) is 16.3. The van der Waals surface area contributed by atoms with Crippen LogP contribution in [-0.2, 0) is 6.42 Å². The van der Waals surface area contributed by atoms with Crippen molar-refractivity contribution in [3.05, 3.63) is 112 Å². The molecule has 0 N–H and O–H groups in total. The van der Waals surface area contributed by atoms with E-state index in [-0.39, 0.29) is 0 Å². The molecule has 0 atom stereocenters. The molecule has 27 heavy (non-hydrogen) atoms. The minimum Gasteiger partial charge on any atom is -0.0985 e. The fraction of sp³-hybridized carbons (Fsp3) is 0.0400. The molecule has 0 radical (unpaired) electrons. The molecule has 2 heteroatoms. The standard InChI is InChI=1S/C25H18Cl2/c1-2-17-13-14-20(23-11-6-12-24(26)25(23)27)16-21(17)15-19-9-5-8-18-7-3-4-10-22(18)19/h2-14,16H,1,15H2. The minimum atomic E-state index is 0.567. The summed E-state index contributed by atoms with van der Waals surface area (Å²) in [6, 6.07) is 27.0. The third-order valence-corrected chi connectivity index (χ3v) is 5.71. The van der Waals surface area contributed by atoms with Crippen LogP contribution in [0.2, 0.25) is 10.0 Å². The predicted molar refractivity (Wildman–Crippen MR) is 119 cm³/mol. The number of hydrogen-bond acceptors (Lipinski definition) is 0. The Kier molecular flexibility index (Phi) is 5.03. The van der Waals surface area contributed by atoms with Crippen molar-refractivity contribution in [1.29, 1.82) is 0 Å². The smallest absolute Gasteiger partial charge is 0.0670 e. The Morgan fingerprint density at radius 3 is 2.41 bits per heavy atom. The van der Waals surface area contributed by atoms with Crippen LogP contribution in [0, 0.1) is 0 Å². The predicted octanol–water partition coefficient (Wildman–Crippen LogP) is 8.05. The molecule has 0 amide bonds. The third kappa shape index (κ3) is 3.51.